The Hall–Kier alpha value is -2.66. The molecule has 23 heavy (non-hydrogen) atoms. The van der Waals surface area contributed by atoms with Crippen LogP contribution in [0.1, 0.15) is 16.7 Å². The zero-order valence-electron chi connectivity index (χ0n) is 12.8. The van der Waals surface area contributed by atoms with Gasteiger partial charge in [-0.2, -0.15) is 5.10 Å². The lowest BCUT2D eigenvalue weighted by atomic mass is 10.2. The molecule has 0 radical (unpaired) electrons. The summed E-state index contributed by atoms with van der Waals surface area (Å²) in [4.78, 5) is 23.4. The number of hydrazone groups is 1. The summed E-state index contributed by atoms with van der Waals surface area (Å²) in [6.07, 6.45) is 1.47. The van der Waals surface area contributed by atoms with Gasteiger partial charge in [0.2, 0.25) is 0 Å². The molecule has 5 nitrogen and oxygen atoms in total. The lowest BCUT2D eigenvalue weighted by Crippen LogP contribution is -2.32. The van der Waals surface area contributed by atoms with Crippen LogP contribution in [0.4, 0.5) is 5.69 Å². The van der Waals surface area contributed by atoms with Gasteiger partial charge >= 0.3 is 11.8 Å². The molecule has 0 saturated carbocycles. The fourth-order valence-electron chi connectivity index (χ4n) is 1.73. The lowest BCUT2D eigenvalue weighted by Gasteiger charge is -2.05. The zero-order chi connectivity index (χ0) is 16.8. The van der Waals surface area contributed by atoms with Gasteiger partial charge in [0.1, 0.15) is 0 Å². The van der Waals surface area contributed by atoms with E-state index < -0.39 is 11.8 Å². The molecule has 2 amide bonds. The van der Waals surface area contributed by atoms with E-state index in [0.29, 0.717) is 10.7 Å². The average molecular weight is 330 g/mol. The smallest absolute Gasteiger partial charge is 0.318 e. The molecule has 6 heteroatoms. The molecule has 2 N–H and O–H groups in total. The predicted octanol–water partition coefficient (Wildman–Crippen LogP) is 3.05. The Bertz CT molecular complexity index is 755. The van der Waals surface area contributed by atoms with Gasteiger partial charge in [-0.1, -0.05) is 47.5 Å². The number of carbonyl (C=O) groups excluding carboxylic acids is 2. The van der Waals surface area contributed by atoms with Crippen LogP contribution in [-0.4, -0.2) is 18.0 Å². The molecule has 2 rings (SSSR count). The first kappa shape index (κ1) is 16.7. The first-order chi connectivity index (χ1) is 11.0. The molecule has 0 fully saturated rings. The van der Waals surface area contributed by atoms with Crippen molar-refractivity contribution in [2.45, 2.75) is 13.8 Å². The first-order valence-electron chi connectivity index (χ1n) is 6.93. The maximum Gasteiger partial charge on any atom is 0.329 e. The van der Waals surface area contributed by atoms with Crippen LogP contribution in [0.5, 0.6) is 0 Å². The summed E-state index contributed by atoms with van der Waals surface area (Å²) < 4.78 is 0. The number of nitrogens with zero attached hydrogens (tertiary/aromatic N) is 1. The van der Waals surface area contributed by atoms with Gasteiger partial charge in [0, 0.05) is 10.7 Å². The van der Waals surface area contributed by atoms with Gasteiger partial charge in [-0.05, 0) is 37.1 Å². The maximum atomic E-state index is 11.8. The number of benzene rings is 2. The van der Waals surface area contributed by atoms with Gasteiger partial charge in [0.05, 0.1) is 6.21 Å². The molecular weight excluding hydrogens is 314 g/mol. The highest BCUT2D eigenvalue weighted by molar-refractivity contribution is 6.39. The Balaban J connectivity index is 1.90. The normalized spacial score (nSPS) is 10.6. The molecule has 0 spiro atoms. The number of aryl methyl sites for hydroxylation is 2. The van der Waals surface area contributed by atoms with Crippen LogP contribution in [-0.2, 0) is 9.59 Å². The van der Waals surface area contributed by atoms with Crippen molar-refractivity contribution in [2.24, 2.45) is 5.10 Å². The fourth-order valence-corrected chi connectivity index (χ4v) is 1.91. The molecule has 0 heterocycles. The maximum absolute atomic E-state index is 11.8. The third-order valence-electron chi connectivity index (χ3n) is 3.09. The van der Waals surface area contributed by atoms with E-state index in [4.69, 9.17) is 11.6 Å². The highest BCUT2D eigenvalue weighted by Crippen LogP contribution is 2.19. The van der Waals surface area contributed by atoms with Crippen molar-refractivity contribution >= 4 is 35.3 Å². The summed E-state index contributed by atoms with van der Waals surface area (Å²) in [6.45, 7) is 3.82. The molecule has 0 aliphatic rings. The minimum absolute atomic E-state index is 0.447. The largest absolute Gasteiger partial charge is 0.329 e. The van der Waals surface area contributed by atoms with E-state index in [9.17, 15) is 9.59 Å². The van der Waals surface area contributed by atoms with Crippen LogP contribution < -0.4 is 10.7 Å². The van der Waals surface area contributed by atoms with Crippen LogP contribution in [0.3, 0.4) is 0 Å². The highest BCUT2D eigenvalue weighted by Gasteiger charge is 2.13. The van der Waals surface area contributed by atoms with E-state index in [1.807, 2.05) is 38.1 Å². The van der Waals surface area contributed by atoms with Gasteiger partial charge in [-0.25, -0.2) is 5.43 Å². The second kappa shape index (κ2) is 7.56. The lowest BCUT2D eigenvalue weighted by molar-refractivity contribution is -0.136. The van der Waals surface area contributed by atoms with Crippen molar-refractivity contribution in [1.82, 2.24) is 5.43 Å². The molecule has 2 aromatic rings. The van der Waals surface area contributed by atoms with Gasteiger partial charge in [0.25, 0.3) is 0 Å². The van der Waals surface area contributed by atoms with E-state index in [1.165, 1.54) is 6.21 Å². The molecule has 118 valence electrons. The third-order valence-corrected chi connectivity index (χ3v) is 3.50. The Labute approximate surface area is 139 Å². The molecule has 0 aliphatic heterocycles. The van der Waals surface area contributed by atoms with Crippen molar-refractivity contribution in [1.29, 1.82) is 0 Å². The molecule has 0 atom stereocenters. The Morgan fingerprint density at radius 2 is 1.74 bits per heavy atom. The van der Waals surface area contributed by atoms with Crippen LogP contribution >= 0.6 is 11.6 Å². The minimum atomic E-state index is -0.856. The second-order valence-corrected chi connectivity index (χ2v) is 5.44. The Morgan fingerprint density at radius 3 is 2.39 bits per heavy atom. The molecule has 2 aromatic carbocycles. The number of anilines is 1. The number of amides is 2. The van der Waals surface area contributed by atoms with Crippen molar-refractivity contribution in [3.63, 3.8) is 0 Å². The summed E-state index contributed by atoms with van der Waals surface area (Å²) >= 11 is 5.96. The zero-order valence-corrected chi connectivity index (χ0v) is 13.5. The average Bonchev–Trinajstić information content (AvgIpc) is 2.52. The first-order valence-corrected chi connectivity index (χ1v) is 7.31. The molecule has 0 aromatic heterocycles. The van der Waals surface area contributed by atoms with Crippen molar-refractivity contribution in [2.75, 3.05) is 5.32 Å². The molecule has 0 aliphatic carbocycles. The summed E-state index contributed by atoms with van der Waals surface area (Å²) in [5.74, 6) is -1.67. The number of hydrogen-bond donors (Lipinski definition) is 2. The topological polar surface area (TPSA) is 70.6 Å². The van der Waals surface area contributed by atoms with E-state index in [0.717, 1.165) is 16.7 Å². The second-order valence-electron chi connectivity index (χ2n) is 5.03. The molecule has 0 bridgehead atoms. The van der Waals surface area contributed by atoms with E-state index in [1.54, 1.807) is 18.2 Å². The van der Waals surface area contributed by atoms with Crippen LogP contribution in [0, 0.1) is 13.8 Å². The Morgan fingerprint density at radius 1 is 1.04 bits per heavy atom. The quantitative estimate of drug-likeness (QED) is 0.516. The highest BCUT2D eigenvalue weighted by atomic mass is 35.5. The van der Waals surface area contributed by atoms with E-state index >= 15 is 0 Å². The van der Waals surface area contributed by atoms with Crippen LogP contribution in [0.25, 0.3) is 0 Å². The predicted molar refractivity (Wildman–Crippen MR) is 91.7 cm³/mol. The Kier molecular flexibility index (Phi) is 5.49. The number of nitrogens with one attached hydrogen (secondary N) is 2. The molecule has 0 unspecified atom stereocenters. The van der Waals surface area contributed by atoms with Gasteiger partial charge < -0.3 is 5.32 Å². The number of hydrogen-bond acceptors (Lipinski definition) is 3. The van der Waals surface area contributed by atoms with Crippen LogP contribution in [0.15, 0.2) is 47.6 Å². The van der Waals surface area contributed by atoms with E-state index in [-0.39, 0.29) is 0 Å². The third kappa shape index (κ3) is 4.93. The van der Waals surface area contributed by atoms with Gasteiger partial charge in [0.15, 0.2) is 0 Å². The molecule has 0 saturated heterocycles. The fraction of sp³-hybridized carbons (Fsp3) is 0.118. The SMILES string of the molecule is Cc1ccc(C=NNC(=O)C(=O)Nc2ccc(C)c(Cl)c2)cc1. The number of carbonyl (C=O) groups is 2. The van der Waals surface area contributed by atoms with Gasteiger partial charge in [-0.15, -0.1) is 0 Å². The van der Waals surface area contributed by atoms with Crippen LogP contribution in [0.2, 0.25) is 5.02 Å². The van der Waals surface area contributed by atoms with Gasteiger partial charge in [-0.3, -0.25) is 9.59 Å². The minimum Gasteiger partial charge on any atom is -0.318 e. The summed E-state index contributed by atoms with van der Waals surface area (Å²) in [7, 11) is 0. The van der Waals surface area contributed by atoms with Crippen molar-refractivity contribution in [3.8, 4) is 0 Å². The van der Waals surface area contributed by atoms with Crippen molar-refractivity contribution < 1.29 is 9.59 Å². The molecular formula is C17H16ClN3O2. The summed E-state index contributed by atoms with van der Waals surface area (Å²) in [6, 6.07) is 12.6. The number of halogens is 1. The monoisotopic (exact) mass is 329 g/mol. The van der Waals surface area contributed by atoms with Crippen molar-refractivity contribution in [3.05, 3.63) is 64.2 Å². The summed E-state index contributed by atoms with van der Waals surface area (Å²) in [5, 5.41) is 6.73. The summed E-state index contributed by atoms with van der Waals surface area (Å²) in [5.41, 5.74) is 5.46. The van der Waals surface area contributed by atoms with E-state index in [2.05, 4.69) is 15.8 Å². The number of rotatable bonds is 3. The standard InChI is InChI=1S/C17H16ClN3O2/c1-11-3-6-13(7-4-11)10-19-21-17(23)16(22)20-14-8-5-12(2)15(18)9-14/h3-10H,1-2H3,(H,20,22)(H,21,23).